The van der Waals surface area contributed by atoms with Crippen LogP contribution in [0.4, 0.5) is 15.8 Å². The Kier molecular flexibility index (Phi) is 3.62. The third-order valence-corrected chi connectivity index (χ3v) is 2.50. The Hall–Kier alpha value is -2.30. The van der Waals surface area contributed by atoms with Crippen molar-refractivity contribution in [1.29, 1.82) is 0 Å². The number of nitrogens with two attached hydrogens (primary N) is 1. The van der Waals surface area contributed by atoms with Gasteiger partial charge in [0.15, 0.2) is 0 Å². The van der Waals surface area contributed by atoms with E-state index in [0.29, 0.717) is 23.8 Å². The zero-order valence-corrected chi connectivity index (χ0v) is 9.98. The summed E-state index contributed by atoms with van der Waals surface area (Å²) in [5.41, 5.74) is 7.77. The summed E-state index contributed by atoms with van der Waals surface area (Å²) in [6.07, 6.45) is 1.71. The van der Waals surface area contributed by atoms with Crippen molar-refractivity contribution >= 4 is 11.4 Å². The minimum Gasteiger partial charge on any atom is -0.481 e. The number of aromatic nitrogens is 1. The summed E-state index contributed by atoms with van der Waals surface area (Å²) in [5, 5.41) is 3.12. The van der Waals surface area contributed by atoms with Crippen molar-refractivity contribution in [2.45, 2.75) is 6.54 Å². The Morgan fingerprint density at radius 2 is 2.17 bits per heavy atom. The van der Waals surface area contributed by atoms with Gasteiger partial charge in [-0.1, -0.05) is 6.07 Å². The van der Waals surface area contributed by atoms with Gasteiger partial charge in [-0.05, 0) is 23.8 Å². The van der Waals surface area contributed by atoms with Crippen LogP contribution in [0.1, 0.15) is 5.56 Å². The van der Waals surface area contributed by atoms with Crippen LogP contribution in [0, 0.1) is 5.82 Å². The van der Waals surface area contributed by atoms with Crippen molar-refractivity contribution in [2.75, 3.05) is 18.2 Å². The first kappa shape index (κ1) is 12.2. The van der Waals surface area contributed by atoms with E-state index in [1.807, 2.05) is 6.07 Å². The molecule has 0 saturated carbocycles. The first-order valence-corrected chi connectivity index (χ1v) is 5.47. The summed E-state index contributed by atoms with van der Waals surface area (Å²) in [7, 11) is 1.57. The number of halogens is 1. The molecule has 4 nitrogen and oxygen atoms in total. The molecule has 0 amide bonds. The second-order valence-electron chi connectivity index (χ2n) is 3.79. The number of hydrogen-bond acceptors (Lipinski definition) is 4. The van der Waals surface area contributed by atoms with Crippen LogP contribution in [0.5, 0.6) is 5.88 Å². The lowest BCUT2D eigenvalue weighted by Gasteiger charge is -2.09. The molecule has 0 unspecified atom stereocenters. The number of ether oxygens (including phenoxy) is 1. The molecule has 1 heterocycles. The third-order valence-electron chi connectivity index (χ3n) is 2.50. The van der Waals surface area contributed by atoms with Gasteiger partial charge >= 0.3 is 0 Å². The Labute approximate surface area is 105 Å². The molecule has 0 radical (unpaired) electrons. The number of hydrogen-bond donors (Lipinski definition) is 2. The highest BCUT2D eigenvalue weighted by atomic mass is 19.1. The summed E-state index contributed by atoms with van der Waals surface area (Å²) in [4.78, 5) is 4.09. The van der Waals surface area contributed by atoms with E-state index in [0.717, 1.165) is 5.56 Å². The highest BCUT2D eigenvalue weighted by Crippen LogP contribution is 2.20. The molecule has 0 atom stereocenters. The first-order chi connectivity index (χ1) is 8.69. The molecule has 1 aromatic carbocycles. The number of methoxy groups -OCH3 is 1. The van der Waals surface area contributed by atoms with Gasteiger partial charge in [-0.15, -0.1) is 0 Å². The van der Waals surface area contributed by atoms with Crippen LogP contribution in [0.25, 0.3) is 0 Å². The van der Waals surface area contributed by atoms with Crippen molar-refractivity contribution in [3.63, 3.8) is 0 Å². The highest BCUT2D eigenvalue weighted by molar-refractivity contribution is 5.65. The largest absolute Gasteiger partial charge is 0.481 e. The van der Waals surface area contributed by atoms with Crippen molar-refractivity contribution < 1.29 is 9.13 Å². The smallest absolute Gasteiger partial charge is 0.212 e. The molecular weight excluding hydrogens is 233 g/mol. The average molecular weight is 247 g/mol. The molecule has 0 bridgehead atoms. The minimum atomic E-state index is -0.343. The third kappa shape index (κ3) is 2.88. The molecule has 2 aromatic rings. The standard InChI is InChI=1S/C13H14FN3O/c1-18-13-5-2-9(8-17-13)7-16-12-4-3-10(14)6-11(12)15/h2-6,8,16H,7,15H2,1H3. The van der Waals surface area contributed by atoms with Gasteiger partial charge in [-0.2, -0.15) is 0 Å². The second-order valence-corrected chi connectivity index (χ2v) is 3.79. The van der Waals surface area contributed by atoms with Gasteiger partial charge in [0, 0.05) is 18.8 Å². The fourth-order valence-electron chi connectivity index (χ4n) is 1.53. The molecule has 94 valence electrons. The number of rotatable bonds is 4. The minimum absolute atomic E-state index is 0.343. The maximum atomic E-state index is 12.9. The molecule has 0 saturated heterocycles. The van der Waals surface area contributed by atoms with Crippen LogP contribution < -0.4 is 15.8 Å². The lowest BCUT2D eigenvalue weighted by Crippen LogP contribution is -2.03. The number of nitrogens with one attached hydrogen (secondary N) is 1. The van der Waals surface area contributed by atoms with Crippen molar-refractivity contribution in [3.05, 3.63) is 47.9 Å². The molecule has 0 aliphatic carbocycles. The van der Waals surface area contributed by atoms with Gasteiger partial charge in [-0.3, -0.25) is 0 Å². The SMILES string of the molecule is COc1ccc(CNc2ccc(F)cc2N)cn1. The summed E-state index contributed by atoms with van der Waals surface area (Å²) in [6.45, 7) is 0.562. The normalized spacial score (nSPS) is 10.1. The number of benzene rings is 1. The number of nitrogens with zero attached hydrogens (tertiary/aromatic N) is 1. The summed E-state index contributed by atoms with van der Waals surface area (Å²) >= 11 is 0. The van der Waals surface area contributed by atoms with E-state index in [1.165, 1.54) is 12.1 Å². The molecule has 0 aliphatic heterocycles. The van der Waals surface area contributed by atoms with E-state index in [2.05, 4.69) is 10.3 Å². The summed E-state index contributed by atoms with van der Waals surface area (Å²) in [6, 6.07) is 7.95. The van der Waals surface area contributed by atoms with Crippen LogP contribution in [0.15, 0.2) is 36.5 Å². The van der Waals surface area contributed by atoms with Gasteiger partial charge in [0.25, 0.3) is 0 Å². The van der Waals surface area contributed by atoms with E-state index in [4.69, 9.17) is 10.5 Å². The molecule has 3 N–H and O–H groups in total. The Bertz CT molecular complexity index is 528. The van der Waals surface area contributed by atoms with Gasteiger partial charge < -0.3 is 15.8 Å². The number of anilines is 2. The lowest BCUT2D eigenvalue weighted by atomic mass is 10.2. The summed E-state index contributed by atoms with van der Waals surface area (Å²) in [5.74, 6) is 0.226. The van der Waals surface area contributed by atoms with Crippen LogP contribution in [0.2, 0.25) is 0 Å². The van der Waals surface area contributed by atoms with Gasteiger partial charge in [0.05, 0.1) is 18.5 Å². The van der Waals surface area contributed by atoms with Crippen LogP contribution >= 0.6 is 0 Å². The summed E-state index contributed by atoms with van der Waals surface area (Å²) < 4.78 is 17.8. The fraction of sp³-hybridized carbons (Fsp3) is 0.154. The van der Waals surface area contributed by atoms with Gasteiger partial charge in [-0.25, -0.2) is 9.37 Å². The van der Waals surface area contributed by atoms with E-state index < -0.39 is 0 Å². The van der Waals surface area contributed by atoms with Crippen LogP contribution in [-0.2, 0) is 6.54 Å². The Morgan fingerprint density at radius 1 is 1.33 bits per heavy atom. The van der Waals surface area contributed by atoms with E-state index in [1.54, 1.807) is 25.4 Å². The maximum Gasteiger partial charge on any atom is 0.212 e. The molecule has 0 aliphatic rings. The topological polar surface area (TPSA) is 60.2 Å². The van der Waals surface area contributed by atoms with Crippen molar-refractivity contribution in [2.24, 2.45) is 0 Å². The molecule has 0 fully saturated rings. The number of pyridine rings is 1. The molecule has 2 rings (SSSR count). The fourth-order valence-corrected chi connectivity index (χ4v) is 1.53. The van der Waals surface area contributed by atoms with Gasteiger partial charge in [0.1, 0.15) is 5.82 Å². The Balaban J connectivity index is 2.02. The average Bonchev–Trinajstić information content (AvgIpc) is 2.38. The predicted octanol–water partition coefficient (Wildman–Crippen LogP) is 2.42. The van der Waals surface area contributed by atoms with Crippen LogP contribution in [0.3, 0.4) is 0 Å². The lowest BCUT2D eigenvalue weighted by molar-refractivity contribution is 0.397. The zero-order chi connectivity index (χ0) is 13.0. The molecule has 18 heavy (non-hydrogen) atoms. The van der Waals surface area contributed by atoms with E-state index >= 15 is 0 Å². The van der Waals surface area contributed by atoms with E-state index in [-0.39, 0.29) is 5.82 Å². The molecule has 0 spiro atoms. The number of nitrogen functional groups attached to an aromatic ring is 1. The van der Waals surface area contributed by atoms with E-state index in [9.17, 15) is 4.39 Å². The molecule has 5 heteroatoms. The maximum absolute atomic E-state index is 12.9. The van der Waals surface area contributed by atoms with Crippen molar-refractivity contribution in [3.8, 4) is 5.88 Å². The van der Waals surface area contributed by atoms with Gasteiger partial charge in [0.2, 0.25) is 5.88 Å². The zero-order valence-electron chi connectivity index (χ0n) is 9.98. The highest BCUT2D eigenvalue weighted by Gasteiger charge is 2.01. The Morgan fingerprint density at radius 3 is 2.78 bits per heavy atom. The molecule has 1 aromatic heterocycles. The first-order valence-electron chi connectivity index (χ1n) is 5.47. The quantitative estimate of drug-likeness (QED) is 0.814. The van der Waals surface area contributed by atoms with Crippen molar-refractivity contribution in [1.82, 2.24) is 4.98 Å². The molecular formula is C13H14FN3O. The second kappa shape index (κ2) is 5.35. The monoisotopic (exact) mass is 247 g/mol. The predicted molar refractivity (Wildman–Crippen MR) is 68.9 cm³/mol. The van der Waals surface area contributed by atoms with Crippen LogP contribution in [-0.4, -0.2) is 12.1 Å².